The SMILES string of the molecule is CN(C)CCCC(=O)Nc1ccc2[nH]ccc2c1. The number of anilines is 1. The normalized spacial score (nSPS) is 11.1. The number of carbonyl (C=O) groups excluding carboxylic acids is 1. The van der Waals surface area contributed by atoms with Crippen LogP contribution in [0, 0.1) is 0 Å². The fourth-order valence-electron chi connectivity index (χ4n) is 1.91. The van der Waals surface area contributed by atoms with Gasteiger partial charge in [-0.3, -0.25) is 4.79 Å². The minimum Gasteiger partial charge on any atom is -0.361 e. The van der Waals surface area contributed by atoms with Crippen LogP contribution in [0.3, 0.4) is 0 Å². The molecule has 2 rings (SSSR count). The molecule has 0 aliphatic heterocycles. The lowest BCUT2D eigenvalue weighted by atomic mass is 10.2. The maximum atomic E-state index is 11.7. The van der Waals surface area contributed by atoms with E-state index in [1.165, 1.54) is 0 Å². The van der Waals surface area contributed by atoms with Crippen molar-refractivity contribution < 1.29 is 4.79 Å². The molecular formula is C14H19N3O. The number of carbonyl (C=O) groups is 1. The zero-order valence-electron chi connectivity index (χ0n) is 10.9. The molecule has 18 heavy (non-hydrogen) atoms. The summed E-state index contributed by atoms with van der Waals surface area (Å²) in [5.41, 5.74) is 1.94. The molecule has 2 N–H and O–H groups in total. The Kier molecular flexibility index (Phi) is 3.99. The van der Waals surface area contributed by atoms with Crippen LogP contribution in [0.1, 0.15) is 12.8 Å². The van der Waals surface area contributed by atoms with Gasteiger partial charge in [-0.15, -0.1) is 0 Å². The van der Waals surface area contributed by atoms with E-state index in [2.05, 4.69) is 15.2 Å². The van der Waals surface area contributed by atoms with Crippen molar-refractivity contribution in [3.8, 4) is 0 Å². The van der Waals surface area contributed by atoms with Crippen molar-refractivity contribution in [3.63, 3.8) is 0 Å². The highest BCUT2D eigenvalue weighted by Crippen LogP contribution is 2.17. The van der Waals surface area contributed by atoms with Crippen molar-refractivity contribution in [2.45, 2.75) is 12.8 Å². The maximum absolute atomic E-state index is 11.7. The molecule has 0 aliphatic carbocycles. The monoisotopic (exact) mass is 245 g/mol. The number of fused-ring (bicyclic) bond motifs is 1. The molecule has 0 spiro atoms. The number of H-pyrrole nitrogens is 1. The first kappa shape index (κ1) is 12.6. The number of nitrogens with zero attached hydrogens (tertiary/aromatic N) is 1. The van der Waals surface area contributed by atoms with Gasteiger partial charge in [0.15, 0.2) is 0 Å². The van der Waals surface area contributed by atoms with E-state index in [1.54, 1.807) is 0 Å². The predicted molar refractivity (Wildman–Crippen MR) is 74.7 cm³/mol. The van der Waals surface area contributed by atoms with Gasteiger partial charge in [0, 0.05) is 29.2 Å². The second-order valence-electron chi connectivity index (χ2n) is 4.73. The lowest BCUT2D eigenvalue weighted by Crippen LogP contribution is -2.17. The van der Waals surface area contributed by atoms with Gasteiger partial charge in [0.05, 0.1) is 0 Å². The molecule has 0 saturated carbocycles. The van der Waals surface area contributed by atoms with Gasteiger partial charge in [0.25, 0.3) is 0 Å². The number of hydrogen-bond acceptors (Lipinski definition) is 2. The standard InChI is InChI=1S/C14H19N3O/c1-17(2)9-3-4-14(18)16-12-5-6-13-11(10-12)7-8-15-13/h5-8,10,15H,3-4,9H2,1-2H3,(H,16,18). The summed E-state index contributed by atoms with van der Waals surface area (Å²) < 4.78 is 0. The van der Waals surface area contributed by atoms with Gasteiger partial charge in [-0.05, 0) is 51.3 Å². The van der Waals surface area contributed by atoms with E-state index in [0.29, 0.717) is 6.42 Å². The first-order valence-corrected chi connectivity index (χ1v) is 6.17. The Bertz CT molecular complexity index is 531. The number of aromatic nitrogens is 1. The molecule has 0 saturated heterocycles. The maximum Gasteiger partial charge on any atom is 0.224 e. The van der Waals surface area contributed by atoms with Gasteiger partial charge in [-0.1, -0.05) is 0 Å². The summed E-state index contributed by atoms with van der Waals surface area (Å²) in [6, 6.07) is 7.88. The van der Waals surface area contributed by atoms with Crippen LogP contribution in [0.5, 0.6) is 0 Å². The van der Waals surface area contributed by atoms with Crippen LogP contribution in [0.2, 0.25) is 0 Å². The van der Waals surface area contributed by atoms with Crippen molar-refractivity contribution in [1.82, 2.24) is 9.88 Å². The predicted octanol–water partition coefficient (Wildman–Crippen LogP) is 2.45. The number of amides is 1. The molecular weight excluding hydrogens is 226 g/mol. The molecule has 96 valence electrons. The van der Waals surface area contributed by atoms with E-state index in [0.717, 1.165) is 29.6 Å². The van der Waals surface area contributed by atoms with Crippen LogP contribution in [-0.2, 0) is 4.79 Å². The van der Waals surface area contributed by atoms with Crippen LogP contribution < -0.4 is 5.32 Å². The summed E-state index contributed by atoms with van der Waals surface area (Å²) >= 11 is 0. The minimum atomic E-state index is 0.0757. The van der Waals surface area contributed by atoms with E-state index in [9.17, 15) is 4.79 Å². The van der Waals surface area contributed by atoms with Gasteiger partial charge >= 0.3 is 0 Å². The average Bonchev–Trinajstić information content (AvgIpc) is 2.75. The highest BCUT2D eigenvalue weighted by atomic mass is 16.1. The van der Waals surface area contributed by atoms with E-state index in [4.69, 9.17) is 0 Å². The van der Waals surface area contributed by atoms with Crippen molar-refractivity contribution >= 4 is 22.5 Å². The second-order valence-corrected chi connectivity index (χ2v) is 4.73. The van der Waals surface area contributed by atoms with Gasteiger partial charge < -0.3 is 15.2 Å². The second kappa shape index (κ2) is 5.69. The molecule has 1 amide bonds. The van der Waals surface area contributed by atoms with E-state index in [-0.39, 0.29) is 5.91 Å². The summed E-state index contributed by atoms with van der Waals surface area (Å²) in [4.78, 5) is 16.9. The van der Waals surface area contributed by atoms with E-state index in [1.807, 2.05) is 44.6 Å². The molecule has 4 heteroatoms. The topological polar surface area (TPSA) is 48.1 Å². The molecule has 4 nitrogen and oxygen atoms in total. The van der Waals surface area contributed by atoms with Crippen LogP contribution >= 0.6 is 0 Å². The zero-order valence-corrected chi connectivity index (χ0v) is 10.9. The van der Waals surface area contributed by atoms with Crippen molar-refractivity contribution in [3.05, 3.63) is 30.5 Å². The summed E-state index contributed by atoms with van der Waals surface area (Å²) in [6.07, 6.45) is 3.34. The molecule has 0 radical (unpaired) electrons. The van der Waals surface area contributed by atoms with Gasteiger partial charge in [-0.25, -0.2) is 0 Å². The Morgan fingerprint density at radius 2 is 2.17 bits per heavy atom. The molecule has 0 atom stereocenters. The molecule has 0 unspecified atom stereocenters. The molecule has 0 fully saturated rings. The third kappa shape index (κ3) is 3.34. The fourth-order valence-corrected chi connectivity index (χ4v) is 1.91. The quantitative estimate of drug-likeness (QED) is 0.850. The van der Waals surface area contributed by atoms with Crippen LogP contribution in [0.15, 0.2) is 30.5 Å². The number of nitrogens with one attached hydrogen (secondary N) is 2. The Balaban J connectivity index is 1.90. The van der Waals surface area contributed by atoms with Crippen molar-refractivity contribution in [1.29, 1.82) is 0 Å². The summed E-state index contributed by atoms with van der Waals surface area (Å²) in [5.74, 6) is 0.0757. The number of rotatable bonds is 5. The molecule has 1 aromatic carbocycles. The van der Waals surface area contributed by atoms with Gasteiger partial charge in [0.1, 0.15) is 0 Å². The third-order valence-electron chi connectivity index (χ3n) is 2.85. The summed E-state index contributed by atoms with van der Waals surface area (Å²) in [5, 5.41) is 4.04. The zero-order chi connectivity index (χ0) is 13.0. The van der Waals surface area contributed by atoms with E-state index < -0.39 is 0 Å². The van der Waals surface area contributed by atoms with Crippen LogP contribution in [0.4, 0.5) is 5.69 Å². The molecule has 0 aliphatic rings. The Morgan fingerprint density at radius 3 is 2.94 bits per heavy atom. The van der Waals surface area contributed by atoms with Crippen LogP contribution in [0.25, 0.3) is 10.9 Å². The number of benzene rings is 1. The first-order valence-electron chi connectivity index (χ1n) is 6.17. The first-order chi connectivity index (χ1) is 8.65. The lowest BCUT2D eigenvalue weighted by Gasteiger charge is -2.09. The summed E-state index contributed by atoms with van der Waals surface area (Å²) in [6.45, 7) is 0.935. The highest BCUT2D eigenvalue weighted by molar-refractivity contribution is 5.93. The number of hydrogen-bond donors (Lipinski definition) is 2. The molecule has 1 heterocycles. The molecule has 0 bridgehead atoms. The van der Waals surface area contributed by atoms with Crippen LogP contribution in [-0.4, -0.2) is 36.4 Å². The van der Waals surface area contributed by atoms with Gasteiger partial charge in [0.2, 0.25) is 5.91 Å². The number of aromatic amines is 1. The Morgan fingerprint density at radius 1 is 1.33 bits per heavy atom. The lowest BCUT2D eigenvalue weighted by molar-refractivity contribution is -0.116. The Hall–Kier alpha value is -1.81. The highest BCUT2D eigenvalue weighted by Gasteiger charge is 2.03. The Labute approximate surface area is 107 Å². The minimum absolute atomic E-state index is 0.0757. The molecule has 2 aromatic rings. The average molecular weight is 245 g/mol. The smallest absolute Gasteiger partial charge is 0.224 e. The third-order valence-corrected chi connectivity index (χ3v) is 2.85. The van der Waals surface area contributed by atoms with Gasteiger partial charge in [-0.2, -0.15) is 0 Å². The molecule has 1 aromatic heterocycles. The van der Waals surface area contributed by atoms with Crippen molar-refractivity contribution in [2.24, 2.45) is 0 Å². The van der Waals surface area contributed by atoms with Crippen molar-refractivity contribution in [2.75, 3.05) is 26.0 Å². The fraction of sp³-hybridized carbons (Fsp3) is 0.357. The van der Waals surface area contributed by atoms with E-state index >= 15 is 0 Å². The largest absolute Gasteiger partial charge is 0.361 e. The summed E-state index contributed by atoms with van der Waals surface area (Å²) in [7, 11) is 4.02.